The van der Waals surface area contributed by atoms with E-state index in [1.807, 2.05) is 13.8 Å². The molecule has 0 amide bonds. The van der Waals surface area contributed by atoms with Crippen LogP contribution in [0.25, 0.3) is 6.08 Å². The minimum atomic E-state index is -3.48. The lowest BCUT2D eigenvalue weighted by atomic mass is 10.2. The summed E-state index contributed by atoms with van der Waals surface area (Å²) in [5.74, 6) is 0.289. The van der Waals surface area contributed by atoms with Crippen LogP contribution in [0.2, 0.25) is 0 Å². The molecular formula is C12H14O3S2. The van der Waals surface area contributed by atoms with Gasteiger partial charge < -0.3 is 5.11 Å². The van der Waals surface area contributed by atoms with Crippen molar-refractivity contribution in [2.75, 3.05) is 5.75 Å². The van der Waals surface area contributed by atoms with Crippen LogP contribution in [0.3, 0.4) is 0 Å². The monoisotopic (exact) mass is 270 g/mol. The van der Waals surface area contributed by atoms with E-state index in [1.54, 1.807) is 30.0 Å². The van der Waals surface area contributed by atoms with E-state index in [9.17, 15) is 13.5 Å². The summed E-state index contributed by atoms with van der Waals surface area (Å²) in [6.45, 7) is 4.05. The molecule has 0 aliphatic carbocycles. The Morgan fingerprint density at radius 1 is 1.35 bits per heavy atom. The third-order valence-corrected chi connectivity index (χ3v) is 5.78. The molecular weight excluding hydrogens is 256 g/mol. The smallest absolute Gasteiger partial charge is 0.207 e. The Morgan fingerprint density at radius 2 is 2.06 bits per heavy atom. The van der Waals surface area contributed by atoms with E-state index in [2.05, 4.69) is 0 Å². The zero-order valence-electron chi connectivity index (χ0n) is 9.67. The van der Waals surface area contributed by atoms with E-state index in [4.69, 9.17) is 0 Å². The SMILES string of the molecule is CC(C)SCC1=Cc2cccc(O)c2S1(=O)=O. The maximum absolute atomic E-state index is 12.2. The molecule has 0 aromatic heterocycles. The van der Waals surface area contributed by atoms with Gasteiger partial charge in [-0.2, -0.15) is 11.8 Å². The van der Waals surface area contributed by atoms with Crippen LogP contribution in [-0.4, -0.2) is 24.5 Å². The molecule has 1 heterocycles. The summed E-state index contributed by atoms with van der Waals surface area (Å²) in [4.78, 5) is 0.437. The molecule has 92 valence electrons. The maximum atomic E-state index is 12.2. The van der Waals surface area contributed by atoms with Crippen molar-refractivity contribution in [3.8, 4) is 5.75 Å². The van der Waals surface area contributed by atoms with Gasteiger partial charge in [-0.15, -0.1) is 0 Å². The number of hydrogen-bond donors (Lipinski definition) is 1. The van der Waals surface area contributed by atoms with Gasteiger partial charge in [0.15, 0.2) is 0 Å². The summed E-state index contributed by atoms with van der Waals surface area (Å²) >= 11 is 1.58. The van der Waals surface area contributed by atoms with Gasteiger partial charge in [-0.25, -0.2) is 8.42 Å². The van der Waals surface area contributed by atoms with Crippen molar-refractivity contribution in [3.63, 3.8) is 0 Å². The Balaban J connectivity index is 2.40. The molecule has 1 aliphatic rings. The Morgan fingerprint density at radius 3 is 2.65 bits per heavy atom. The van der Waals surface area contributed by atoms with Gasteiger partial charge >= 0.3 is 0 Å². The number of rotatable bonds is 3. The van der Waals surface area contributed by atoms with Gasteiger partial charge in [-0.3, -0.25) is 0 Å². The predicted molar refractivity (Wildman–Crippen MR) is 70.9 cm³/mol. The quantitative estimate of drug-likeness (QED) is 0.917. The van der Waals surface area contributed by atoms with Crippen LogP contribution in [0.1, 0.15) is 19.4 Å². The fourth-order valence-electron chi connectivity index (χ4n) is 1.70. The molecule has 17 heavy (non-hydrogen) atoms. The first-order chi connectivity index (χ1) is 7.93. The second-order valence-corrected chi connectivity index (χ2v) is 7.67. The zero-order chi connectivity index (χ0) is 12.6. The standard InChI is InChI=1S/C12H14O3S2/c1-8(2)16-7-10-6-9-4-3-5-11(13)12(9)17(10,14)15/h3-6,8,13H,7H2,1-2H3. The average molecular weight is 270 g/mol. The number of thioether (sulfide) groups is 1. The number of hydrogen-bond acceptors (Lipinski definition) is 4. The molecule has 2 rings (SSSR count). The fraction of sp³-hybridized carbons (Fsp3) is 0.333. The molecule has 1 aromatic carbocycles. The van der Waals surface area contributed by atoms with E-state index in [-0.39, 0.29) is 10.6 Å². The summed E-state index contributed by atoms with van der Waals surface area (Å²) in [7, 11) is -3.48. The molecule has 0 bridgehead atoms. The summed E-state index contributed by atoms with van der Waals surface area (Å²) in [6.07, 6.45) is 1.65. The molecule has 1 N–H and O–H groups in total. The van der Waals surface area contributed by atoms with Crippen LogP contribution in [-0.2, 0) is 9.84 Å². The third kappa shape index (κ3) is 2.21. The van der Waals surface area contributed by atoms with Crippen LogP contribution in [0, 0.1) is 0 Å². The van der Waals surface area contributed by atoms with Crippen molar-refractivity contribution in [2.45, 2.75) is 24.0 Å². The van der Waals surface area contributed by atoms with E-state index < -0.39 is 9.84 Å². The molecule has 0 saturated heterocycles. The predicted octanol–water partition coefficient (Wildman–Crippen LogP) is 2.66. The lowest BCUT2D eigenvalue weighted by Crippen LogP contribution is -2.04. The van der Waals surface area contributed by atoms with Gasteiger partial charge in [-0.05, 0) is 23.0 Å². The highest BCUT2D eigenvalue weighted by molar-refractivity contribution is 8.02. The highest BCUT2D eigenvalue weighted by Gasteiger charge is 2.32. The van der Waals surface area contributed by atoms with E-state index >= 15 is 0 Å². The lowest BCUT2D eigenvalue weighted by molar-refractivity contribution is 0.459. The third-order valence-electron chi connectivity index (χ3n) is 2.51. The molecule has 0 unspecified atom stereocenters. The first-order valence-corrected chi connectivity index (χ1v) is 7.85. The normalized spacial score (nSPS) is 17.0. The number of sulfone groups is 1. The van der Waals surface area contributed by atoms with Crippen LogP contribution in [0.15, 0.2) is 28.0 Å². The summed E-state index contributed by atoms with van der Waals surface area (Å²) in [5.41, 5.74) is 0.587. The van der Waals surface area contributed by atoms with Crippen molar-refractivity contribution < 1.29 is 13.5 Å². The number of fused-ring (bicyclic) bond motifs is 1. The summed E-state index contributed by atoms with van der Waals surface area (Å²) in [6, 6.07) is 4.76. The van der Waals surface area contributed by atoms with Crippen molar-refractivity contribution >= 4 is 27.7 Å². The average Bonchev–Trinajstić information content (AvgIpc) is 2.48. The van der Waals surface area contributed by atoms with Gasteiger partial charge in [0.1, 0.15) is 10.6 Å². The largest absolute Gasteiger partial charge is 0.507 e. The first-order valence-electron chi connectivity index (χ1n) is 5.32. The van der Waals surface area contributed by atoms with E-state index in [0.717, 1.165) is 0 Å². The van der Waals surface area contributed by atoms with Crippen molar-refractivity contribution in [1.29, 1.82) is 0 Å². The minimum absolute atomic E-state index is 0.0550. The van der Waals surface area contributed by atoms with Crippen LogP contribution in [0.5, 0.6) is 5.75 Å². The number of phenolic OH excluding ortho intramolecular Hbond substituents is 1. The summed E-state index contributed by atoms with van der Waals surface area (Å²) < 4.78 is 24.4. The fourth-order valence-corrected chi connectivity index (χ4v) is 4.43. The Bertz CT molecular complexity index is 571. The molecule has 3 nitrogen and oxygen atoms in total. The molecule has 0 fully saturated rings. The molecule has 0 atom stereocenters. The van der Waals surface area contributed by atoms with Crippen molar-refractivity contribution in [3.05, 3.63) is 28.7 Å². The number of benzene rings is 1. The first kappa shape index (κ1) is 12.5. The number of phenols is 1. The van der Waals surface area contributed by atoms with Gasteiger partial charge in [-0.1, -0.05) is 26.0 Å². The Kier molecular flexibility index (Phi) is 3.23. The Labute approximate surface area is 105 Å². The molecule has 0 spiro atoms. The van der Waals surface area contributed by atoms with Crippen LogP contribution >= 0.6 is 11.8 Å². The van der Waals surface area contributed by atoms with E-state index in [0.29, 0.717) is 21.5 Å². The molecule has 0 saturated carbocycles. The highest BCUT2D eigenvalue weighted by Crippen LogP contribution is 2.39. The van der Waals surface area contributed by atoms with Gasteiger partial charge in [0.05, 0.1) is 4.91 Å². The van der Waals surface area contributed by atoms with Crippen LogP contribution < -0.4 is 0 Å². The highest BCUT2D eigenvalue weighted by atomic mass is 32.2. The van der Waals surface area contributed by atoms with Gasteiger partial charge in [0, 0.05) is 5.75 Å². The molecule has 5 heteroatoms. The second kappa shape index (κ2) is 4.38. The van der Waals surface area contributed by atoms with Gasteiger partial charge in [0.2, 0.25) is 9.84 Å². The molecule has 0 radical (unpaired) electrons. The number of aromatic hydroxyl groups is 1. The van der Waals surface area contributed by atoms with Crippen LogP contribution in [0.4, 0.5) is 0 Å². The molecule has 1 aromatic rings. The van der Waals surface area contributed by atoms with E-state index in [1.165, 1.54) is 6.07 Å². The van der Waals surface area contributed by atoms with Gasteiger partial charge in [0.25, 0.3) is 0 Å². The summed E-state index contributed by atoms with van der Waals surface area (Å²) in [5, 5.41) is 10.0. The van der Waals surface area contributed by atoms with Crippen molar-refractivity contribution in [2.24, 2.45) is 0 Å². The topological polar surface area (TPSA) is 54.4 Å². The van der Waals surface area contributed by atoms with Crippen molar-refractivity contribution in [1.82, 2.24) is 0 Å². The molecule has 1 aliphatic heterocycles. The second-order valence-electron chi connectivity index (χ2n) is 4.17. The zero-order valence-corrected chi connectivity index (χ0v) is 11.3. The minimum Gasteiger partial charge on any atom is -0.507 e. The Hall–Kier alpha value is -0.940. The maximum Gasteiger partial charge on any atom is 0.207 e. The lowest BCUT2D eigenvalue weighted by Gasteiger charge is -2.06.